The van der Waals surface area contributed by atoms with Gasteiger partial charge in [0, 0.05) is 11.8 Å². The van der Waals surface area contributed by atoms with Crippen molar-refractivity contribution in [1.29, 1.82) is 0 Å². The molecular formula is C33H39NSi. The van der Waals surface area contributed by atoms with Crippen molar-refractivity contribution in [3.05, 3.63) is 78.0 Å². The monoisotopic (exact) mass is 477 g/mol. The van der Waals surface area contributed by atoms with E-state index in [4.69, 9.17) is 4.98 Å². The third kappa shape index (κ3) is 3.87. The van der Waals surface area contributed by atoms with E-state index in [9.17, 15) is 0 Å². The molecule has 0 radical (unpaired) electrons. The van der Waals surface area contributed by atoms with Gasteiger partial charge in [-0.25, -0.2) is 0 Å². The van der Waals surface area contributed by atoms with Gasteiger partial charge in [-0.15, -0.1) is 0 Å². The van der Waals surface area contributed by atoms with Gasteiger partial charge in [0.2, 0.25) is 0 Å². The molecule has 0 N–H and O–H groups in total. The van der Waals surface area contributed by atoms with E-state index in [0.717, 1.165) is 6.42 Å². The minimum absolute atomic E-state index is 0.0618. The van der Waals surface area contributed by atoms with Gasteiger partial charge in [-0.1, -0.05) is 103 Å². The second kappa shape index (κ2) is 8.75. The molecule has 1 aliphatic heterocycles. The number of benzene rings is 3. The van der Waals surface area contributed by atoms with Crippen molar-refractivity contribution in [3.8, 4) is 22.4 Å². The van der Waals surface area contributed by atoms with Crippen LogP contribution in [-0.2, 0) is 11.8 Å². The summed E-state index contributed by atoms with van der Waals surface area (Å²) in [6.45, 7) is 16.4. The molecule has 35 heavy (non-hydrogen) atoms. The van der Waals surface area contributed by atoms with Gasteiger partial charge in [0.1, 0.15) is 8.07 Å². The minimum atomic E-state index is -1.92. The number of hydrogen-bond donors (Lipinski definition) is 0. The molecule has 2 heterocycles. The molecule has 180 valence electrons. The van der Waals surface area contributed by atoms with Crippen LogP contribution in [0.15, 0.2) is 66.9 Å². The molecule has 1 aliphatic rings. The molecule has 1 nitrogen and oxygen atoms in total. The quantitative estimate of drug-likeness (QED) is 0.265. The van der Waals surface area contributed by atoms with E-state index in [0.29, 0.717) is 5.92 Å². The molecule has 0 atom stereocenters. The second-order valence-corrected chi connectivity index (χ2v) is 16.5. The zero-order chi connectivity index (χ0) is 25.0. The molecule has 1 aromatic heterocycles. The Bertz CT molecular complexity index is 1400. The number of pyridine rings is 1. The summed E-state index contributed by atoms with van der Waals surface area (Å²) < 4.78 is 0. The molecule has 0 spiro atoms. The fraction of sp³-hybridized carbons (Fsp3) is 0.364. The average molecular weight is 478 g/mol. The van der Waals surface area contributed by atoms with Gasteiger partial charge in [-0.2, -0.15) is 0 Å². The Morgan fingerprint density at radius 2 is 1.60 bits per heavy atom. The highest BCUT2D eigenvalue weighted by Crippen LogP contribution is 2.39. The van der Waals surface area contributed by atoms with Crippen LogP contribution >= 0.6 is 0 Å². The van der Waals surface area contributed by atoms with Crippen LogP contribution in [-0.4, -0.2) is 13.1 Å². The Morgan fingerprint density at radius 3 is 2.29 bits per heavy atom. The summed E-state index contributed by atoms with van der Waals surface area (Å²) in [5.74, 6) is 0.668. The van der Waals surface area contributed by atoms with Gasteiger partial charge in [-0.05, 0) is 79.4 Å². The molecule has 3 aromatic carbocycles. The highest BCUT2D eigenvalue weighted by Gasteiger charge is 2.45. The molecule has 0 unspecified atom stereocenters. The molecule has 0 bridgehead atoms. The summed E-state index contributed by atoms with van der Waals surface area (Å²) in [4.78, 5) is 5.13. The van der Waals surface area contributed by atoms with E-state index in [1.54, 1.807) is 10.4 Å². The predicted molar refractivity (Wildman–Crippen MR) is 156 cm³/mol. The summed E-state index contributed by atoms with van der Waals surface area (Å²) in [5.41, 5.74) is 8.34. The summed E-state index contributed by atoms with van der Waals surface area (Å²) in [7, 11) is -1.92. The Labute approximate surface area is 212 Å². The van der Waals surface area contributed by atoms with Crippen LogP contribution in [0.3, 0.4) is 0 Å². The molecule has 2 heteroatoms. The highest BCUT2D eigenvalue weighted by molar-refractivity contribution is 7.06. The van der Waals surface area contributed by atoms with E-state index < -0.39 is 8.07 Å². The first-order valence-corrected chi connectivity index (χ1v) is 15.8. The lowest BCUT2D eigenvalue weighted by atomic mass is 9.82. The van der Waals surface area contributed by atoms with Crippen LogP contribution in [0, 0.1) is 5.92 Å². The SMILES string of the molecule is CC[Si]1(CC)c2cc(CC(C)C)ccc2-c2ccnc(-c3cc(C(C)(C)C)c4ccccc4c3)c21. The van der Waals surface area contributed by atoms with Crippen LogP contribution in [0.25, 0.3) is 33.2 Å². The molecule has 0 fully saturated rings. The van der Waals surface area contributed by atoms with Gasteiger partial charge < -0.3 is 0 Å². The van der Waals surface area contributed by atoms with Crippen molar-refractivity contribution in [2.45, 2.75) is 72.4 Å². The van der Waals surface area contributed by atoms with Crippen LogP contribution in [0.1, 0.15) is 59.6 Å². The molecule has 4 aromatic rings. The summed E-state index contributed by atoms with van der Waals surface area (Å²) in [6, 6.07) is 25.7. The Hall–Kier alpha value is -2.71. The normalized spacial score (nSPS) is 14.4. The zero-order valence-corrected chi connectivity index (χ0v) is 23.5. The fourth-order valence-corrected chi connectivity index (χ4v) is 11.2. The van der Waals surface area contributed by atoms with E-state index in [1.807, 2.05) is 6.20 Å². The van der Waals surface area contributed by atoms with E-state index in [2.05, 4.69) is 109 Å². The topological polar surface area (TPSA) is 12.9 Å². The first kappa shape index (κ1) is 24.0. The number of hydrogen-bond acceptors (Lipinski definition) is 1. The molecule has 0 saturated carbocycles. The number of nitrogens with zero attached hydrogens (tertiary/aromatic N) is 1. The lowest BCUT2D eigenvalue weighted by Gasteiger charge is -2.29. The maximum atomic E-state index is 5.13. The van der Waals surface area contributed by atoms with Crippen LogP contribution in [0.5, 0.6) is 0 Å². The smallest absolute Gasteiger partial charge is 0.122 e. The predicted octanol–water partition coefficient (Wildman–Crippen LogP) is 7.98. The van der Waals surface area contributed by atoms with Gasteiger partial charge in [-0.3, -0.25) is 4.98 Å². The summed E-state index contributed by atoms with van der Waals surface area (Å²) in [5, 5.41) is 5.87. The Morgan fingerprint density at radius 1 is 0.857 bits per heavy atom. The van der Waals surface area contributed by atoms with Crippen molar-refractivity contribution in [1.82, 2.24) is 4.98 Å². The van der Waals surface area contributed by atoms with Gasteiger partial charge in [0.15, 0.2) is 0 Å². The minimum Gasteiger partial charge on any atom is -0.256 e. The van der Waals surface area contributed by atoms with E-state index in [1.165, 1.54) is 56.4 Å². The maximum Gasteiger partial charge on any atom is 0.122 e. The second-order valence-electron chi connectivity index (χ2n) is 11.8. The molecule has 5 rings (SSSR count). The largest absolute Gasteiger partial charge is 0.256 e. The van der Waals surface area contributed by atoms with E-state index in [-0.39, 0.29) is 5.41 Å². The lowest BCUT2D eigenvalue weighted by Crippen LogP contribution is -2.55. The van der Waals surface area contributed by atoms with Crippen LogP contribution < -0.4 is 10.4 Å². The van der Waals surface area contributed by atoms with Crippen molar-refractivity contribution < 1.29 is 0 Å². The number of aromatic nitrogens is 1. The van der Waals surface area contributed by atoms with Crippen LogP contribution in [0.2, 0.25) is 12.1 Å². The van der Waals surface area contributed by atoms with Crippen molar-refractivity contribution in [3.63, 3.8) is 0 Å². The highest BCUT2D eigenvalue weighted by atomic mass is 28.3. The Kier molecular flexibility index (Phi) is 6.00. The number of rotatable bonds is 5. The zero-order valence-electron chi connectivity index (χ0n) is 22.5. The molecule has 0 amide bonds. The van der Waals surface area contributed by atoms with E-state index >= 15 is 0 Å². The number of fused-ring (bicyclic) bond motifs is 4. The Balaban J connectivity index is 1.79. The van der Waals surface area contributed by atoms with Crippen LogP contribution in [0.4, 0.5) is 0 Å². The van der Waals surface area contributed by atoms with Gasteiger partial charge >= 0.3 is 0 Å². The molecule has 0 saturated heterocycles. The van der Waals surface area contributed by atoms with Gasteiger partial charge in [0.05, 0.1) is 5.69 Å². The average Bonchev–Trinajstić information content (AvgIpc) is 3.12. The fourth-order valence-electron chi connectivity index (χ4n) is 6.40. The first-order chi connectivity index (χ1) is 16.7. The van der Waals surface area contributed by atoms with Crippen molar-refractivity contribution in [2.75, 3.05) is 0 Å². The molecule has 0 aliphatic carbocycles. The third-order valence-corrected chi connectivity index (χ3v) is 13.4. The first-order valence-electron chi connectivity index (χ1n) is 13.4. The third-order valence-electron chi connectivity index (χ3n) is 8.11. The molecular weight excluding hydrogens is 438 g/mol. The maximum absolute atomic E-state index is 5.13. The standard InChI is InChI=1S/C33H39NSi/c1-8-35(9-2)30-19-23(18-22(3)4)14-15-27(30)28-16-17-34-31(32(28)35)25-20-24-12-10-11-13-26(24)29(21-25)33(5,6)7/h10-17,19-22H,8-9,18H2,1-7H3. The summed E-state index contributed by atoms with van der Waals surface area (Å²) >= 11 is 0. The van der Waals surface area contributed by atoms with Crippen molar-refractivity contribution >= 4 is 29.2 Å². The lowest BCUT2D eigenvalue weighted by molar-refractivity contribution is 0.596. The van der Waals surface area contributed by atoms with Gasteiger partial charge in [0.25, 0.3) is 0 Å². The summed E-state index contributed by atoms with van der Waals surface area (Å²) in [6.07, 6.45) is 3.19. The van der Waals surface area contributed by atoms with Crippen molar-refractivity contribution in [2.24, 2.45) is 5.92 Å².